The maximum Gasteiger partial charge on any atom is 0.127 e. The predicted octanol–water partition coefficient (Wildman–Crippen LogP) is 4.35. The molecule has 0 heterocycles. The molecule has 0 bridgehead atoms. The Morgan fingerprint density at radius 2 is 1.24 bits per heavy atom. The lowest BCUT2D eigenvalue weighted by Crippen LogP contribution is -1.83. The minimum absolute atomic E-state index is 0.182. The summed E-state index contributed by atoms with van der Waals surface area (Å²) in [6.07, 6.45) is 0. The molecule has 0 radical (unpaired) electrons. The van der Waals surface area contributed by atoms with Crippen molar-refractivity contribution in [2.45, 2.75) is 13.8 Å². The average molecular weight is 234 g/mol. The minimum Gasteiger partial charge on any atom is -0.508 e. The van der Waals surface area contributed by atoms with E-state index in [2.05, 4.69) is 0 Å². The van der Waals surface area contributed by atoms with Gasteiger partial charge in [0.2, 0.25) is 0 Å². The standard InChI is InChI=1S/C12H9FO2.C2H6/c13-9-1-5-11(6-2-9)15-12-7-3-10(14)4-8-12;1-2/h1-8,14H;1-2H3. The first kappa shape index (κ1) is 13.0. The first-order chi connectivity index (χ1) is 8.24. The molecule has 2 nitrogen and oxygen atoms in total. The van der Waals surface area contributed by atoms with Crippen LogP contribution in [0.5, 0.6) is 17.2 Å². The Labute approximate surface area is 100 Å². The van der Waals surface area contributed by atoms with Crippen molar-refractivity contribution in [2.75, 3.05) is 0 Å². The van der Waals surface area contributed by atoms with Gasteiger partial charge in [-0.15, -0.1) is 0 Å². The molecule has 2 rings (SSSR count). The van der Waals surface area contributed by atoms with Crippen molar-refractivity contribution in [2.24, 2.45) is 0 Å². The van der Waals surface area contributed by atoms with Gasteiger partial charge in [-0.25, -0.2) is 4.39 Å². The Hall–Kier alpha value is -2.03. The molecular formula is C14H15FO2. The van der Waals surface area contributed by atoms with Crippen LogP contribution in [0.4, 0.5) is 4.39 Å². The number of phenolic OH excluding ortho intramolecular Hbond substituents is 1. The summed E-state index contributed by atoms with van der Waals surface area (Å²) in [7, 11) is 0. The van der Waals surface area contributed by atoms with Crippen molar-refractivity contribution < 1.29 is 14.2 Å². The highest BCUT2D eigenvalue weighted by Gasteiger charge is 1.97. The number of halogens is 1. The molecule has 0 atom stereocenters. The molecule has 0 unspecified atom stereocenters. The van der Waals surface area contributed by atoms with Gasteiger partial charge in [0.05, 0.1) is 0 Å². The van der Waals surface area contributed by atoms with Gasteiger partial charge in [-0.1, -0.05) is 13.8 Å². The van der Waals surface area contributed by atoms with Gasteiger partial charge in [-0.05, 0) is 48.5 Å². The molecule has 0 aliphatic rings. The number of ether oxygens (including phenoxy) is 1. The lowest BCUT2D eigenvalue weighted by molar-refractivity contribution is 0.463. The van der Waals surface area contributed by atoms with Gasteiger partial charge in [0.1, 0.15) is 23.1 Å². The quantitative estimate of drug-likeness (QED) is 0.837. The predicted molar refractivity (Wildman–Crippen MR) is 65.9 cm³/mol. The molecule has 0 aliphatic carbocycles. The number of hydrogen-bond acceptors (Lipinski definition) is 2. The molecule has 0 aliphatic heterocycles. The van der Waals surface area contributed by atoms with Crippen LogP contribution in [0.25, 0.3) is 0 Å². The maximum atomic E-state index is 12.6. The van der Waals surface area contributed by atoms with Crippen LogP contribution in [0.2, 0.25) is 0 Å². The van der Waals surface area contributed by atoms with Gasteiger partial charge >= 0.3 is 0 Å². The van der Waals surface area contributed by atoms with Gasteiger partial charge < -0.3 is 9.84 Å². The fourth-order valence-corrected chi connectivity index (χ4v) is 1.15. The Morgan fingerprint density at radius 1 is 0.824 bits per heavy atom. The zero-order valence-corrected chi connectivity index (χ0v) is 9.85. The van der Waals surface area contributed by atoms with Crippen LogP contribution < -0.4 is 4.74 Å². The van der Waals surface area contributed by atoms with Crippen LogP contribution in [0.3, 0.4) is 0 Å². The molecule has 0 saturated carbocycles. The molecule has 3 heteroatoms. The van der Waals surface area contributed by atoms with Gasteiger partial charge in [0, 0.05) is 0 Å². The highest BCUT2D eigenvalue weighted by Crippen LogP contribution is 2.23. The van der Waals surface area contributed by atoms with Crippen molar-refractivity contribution in [3.63, 3.8) is 0 Å². The average Bonchev–Trinajstić information content (AvgIpc) is 2.37. The second-order valence-electron chi connectivity index (χ2n) is 3.05. The van der Waals surface area contributed by atoms with Crippen LogP contribution in [0.15, 0.2) is 48.5 Å². The van der Waals surface area contributed by atoms with Crippen LogP contribution in [-0.4, -0.2) is 5.11 Å². The van der Waals surface area contributed by atoms with Crippen molar-refractivity contribution in [1.82, 2.24) is 0 Å². The van der Waals surface area contributed by atoms with Crippen LogP contribution in [0.1, 0.15) is 13.8 Å². The van der Waals surface area contributed by atoms with Crippen LogP contribution >= 0.6 is 0 Å². The van der Waals surface area contributed by atoms with E-state index in [1.165, 1.54) is 24.3 Å². The van der Waals surface area contributed by atoms with Crippen molar-refractivity contribution in [1.29, 1.82) is 0 Å². The van der Waals surface area contributed by atoms with E-state index in [1.807, 2.05) is 13.8 Å². The second-order valence-corrected chi connectivity index (χ2v) is 3.05. The van der Waals surface area contributed by atoms with E-state index in [0.29, 0.717) is 11.5 Å². The maximum absolute atomic E-state index is 12.6. The summed E-state index contributed by atoms with van der Waals surface area (Å²) in [6.45, 7) is 4.00. The first-order valence-corrected chi connectivity index (χ1v) is 5.46. The van der Waals surface area contributed by atoms with E-state index in [1.54, 1.807) is 24.3 Å². The third kappa shape index (κ3) is 4.15. The summed E-state index contributed by atoms with van der Waals surface area (Å²) in [6, 6.07) is 12.1. The molecule has 0 saturated heterocycles. The highest BCUT2D eigenvalue weighted by atomic mass is 19.1. The molecule has 0 fully saturated rings. The molecule has 17 heavy (non-hydrogen) atoms. The third-order valence-corrected chi connectivity index (χ3v) is 1.89. The number of hydrogen-bond donors (Lipinski definition) is 1. The summed E-state index contributed by atoms with van der Waals surface area (Å²) < 4.78 is 18.0. The molecule has 1 N–H and O–H groups in total. The molecule has 2 aromatic rings. The van der Waals surface area contributed by atoms with Crippen molar-refractivity contribution in [3.05, 3.63) is 54.3 Å². The summed E-state index contributed by atoms with van der Waals surface area (Å²) >= 11 is 0. The number of aromatic hydroxyl groups is 1. The topological polar surface area (TPSA) is 29.5 Å². The van der Waals surface area contributed by atoms with E-state index in [-0.39, 0.29) is 11.6 Å². The zero-order chi connectivity index (χ0) is 12.7. The highest BCUT2D eigenvalue weighted by molar-refractivity contribution is 5.34. The van der Waals surface area contributed by atoms with E-state index >= 15 is 0 Å². The van der Waals surface area contributed by atoms with Crippen molar-refractivity contribution >= 4 is 0 Å². The van der Waals surface area contributed by atoms with Crippen LogP contribution in [-0.2, 0) is 0 Å². The number of phenols is 1. The number of rotatable bonds is 2. The molecule has 0 spiro atoms. The Morgan fingerprint density at radius 3 is 1.71 bits per heavy atom. The largest absolute Gasteiger partial charge is 0.508 e. The van der Waals surface area contributed by atoms with E-state index in [9.17, 15) is 4.39 Å². The van der Waals surface area contributed by atoms with Gasteiger partial charge in [-0.3, -0.25) is 0 Å². The summed E-state index contributed by atoms with van der Waals surface area (Å²) in [5.74, 6) is 1.04. The Kier molecular flexibility index (Phi) is 5.01. The summed E-state index contributed by atoms with van der Waals surface area (Å²) in [4.78, 5) is 0. The summed E-state index contributed by atoms with van der Waals surface area (Å²) in [5.41, 5.74) is 0. The Balaban J connectivity index is 0.000000686. The van der Waals surface area contributed by atoms with Crippen molar-refractivity contribution in [3.8, 4) is 17.2 Å². The fourth-order valence-electron chi connectivity index (χ4n) is 1.15. The lowest BCUT2D eigenvalue weighted by Gasteiger charge is -2.04. The van der Waals surface area contributed by atoms with E-state index in [0.717, 1.165) is 0 Å². The third-order valence-electron chi connectivity index (χ3n) is 1.89. The molecule has 0 aromatic heterocycles. The number of benzene rings is 2. The van der Waals surface area contributed by atoms with E-state index < -0.39 is 0 Å². The Bertz CT molecular complexity index is 391. The molecular weight excluding hydrogens is 219 g/mol. The van der Waals surface area contributed by atoms with Gasteiger partial charge in [-0.2, -0.15) is 0 Å². The second kappa shape index (κ2) is 6.53. The fraction of sp³-hybridized carbons (Fsp3) is 0.143. The monoisotopic (exact) mass is 234 g/mol. The van der Waals surface area contributed by atoms with Gasteiger partial charge in [0.15, 0.2) is 0 Å². The van der Waals surface area contributed by atoms with E-state index in [4.69, 9.17) is 9.84 Å². The molecule has 90 valence electrons. The first-order valence-electron chi connectivity index (χ1n) is 5.46. The molecule has 0 amide bonds. The summed E-state index contributed by atoms with van der Waals surface area (Å²) in [5, 5.41) is 9.05. The van der Waals surface area contributed by atoms with Gasteiger partial charge in [0.25, 0.3) is 0 Å². The smallest absolute Gasteiger partial charge is 0.127 e. The van der Waals surface area contributed by atoms with Crippen LogP contribution in [0, 0.1) is 5.82 Å². The molecule has 2 aromatic carbocycles. The minimum atomic E-state index is -0.298. The zero-order valence-electron chi connectivity index (χ0n) is 9.85. The SMILES string of the molecule is CC.Oc1ccc(Oc2ccc(F)cc2)cc1. The normalized spacial score (nSPS) is 9.12. The lowest BCUT2D eigenvalue weighted by atomic mass is 10.3.